The maximum atomic E-state index is 13.6. The number of amides is 3. The van der Waals surface area contributed by atoms with Crippen molar-refractivity contribution in [2.75, 3.05) is 22.9 Å². The second-order valence-electron chi connectivity index (χ2n) is 11.3. The van der Waals surface area contributed by atoms with E-state index in [0.717, 1.165) is 33.2 Å². The van der Waals surface area contributed by atoms with E-state index in [4.69, 9.17) is 10.5 Å². The van der Waals surface area contributed by atoms with Crippen molar-refractivity contribution < 1.29 is 19.1 Å². The minimum absolute atomic E-state index is 0.146. The van der Waals surface area contributed by atoms with Gasteiger partial charge in [-0.1, -0.05) is 36.4 Å². The minimum Gasteiger partial charge on any atom is -0.444 e. The van der Waals surface area contributed by atoms with E-state index in [2.05, 4.69) is 20.9 Å². The number of aromatic nitrogens is 1. The summed E-state index contributed by atoms with van der Waals surface area (Å²) in [6.45, 7) is 5.55. The lowest BCUT2D eigenvalue weighted by Gasteiger charge is -2.27. The van der Waals surface area contributed by atoms with Crippen molar-refractivity contribution in [1.29, 1.82) is 0 Å². The molecule has 3 aromatic carbocycles. The van der Waals surface area contributed by atoms with Gasteiger partial charge in [-0.05, 0) is 79.2 Å². The van der Waals surface area contributed by atoms with E-state index in [-0.39, 0.29) is 31.4 Å². The third kappa shape index (κ3) is 6.95. The van der Waals surface area contributed by atoms with E-state index < -0.39 is 17.7 Å². The molecule has 42 heavy (non-hydrogen) atoms. The predicted octanol–water partition coefficient (Wildman–Crippen LogP) is 4.98. The first-order valence-corrected chi connectivity index (χ1v) is 13.7. The highest BCUT2D eigenvalue weighted by molar-refractivity contribution is 5.95. The lowest BCUT2D eigenvalue weighted by Crippen LogP contribution is -2.41. The molecule has 216 valence electrons. The highest BCUT2D eigenvalue weighted by Crippen LogP contribution is 2.27. The van der Waals surface area contributed by atoms with Crippen LogP contribution in [0.4, 0.5) is 22.0 Å². The molecule has 2 aliphatic rings. The number of ether oxygens (including phenoxy) is 1. The van der Waals surface area contributed by atoms with Gasteiger partial charge < -0.3 is 26.4 Å². The summed E-state index contributed by atoms with van der Waals surface area (Å²) in [5, 5.41) is 11.0. The van der Waals surface area contributed by atoms with Gasteiger partial charge in [-0.15, -0.1) is 0 Å². The first-order chi connectivity index (χ1) is 20.0. The van der Waals surface area contributed by atoms with Crippen molar-refractivity contribution in [2.45, 2.75) is 45.5 Å². The number of nitrogens with zero attached hydrogens (tertiary/aromatic N) is 2. The summed E-state index contributed by atoms with van der Waals surface area (Å²) in [5.41, 5.74) is 8.91. The molecule has 1 unspecified atom stereocenters. The second-order valence-corrected chi connectivity index (χ2v) is 11.3. The van der Waals surface area contributed by atoms with Gasteiger partial charge in [0, 0.05) is 36.0 Å². The van der Waals surface area contributed by atoms with Crippen LogP contribution in [0.15, 0.2) is 79.0 Å². The molecular formula is C32H34N6O4. The maximum absolute atomic E-state index is 13.6. The summed E-state index contributed by atoms with van der Waals surface area (Å²) in [5.74, 6) is -0.145. The fourth-order valence-electron chi connectivity index (χ4n) is 4.73. The molecule has 3 amide bonds. The molecule has 6 rings (SSSR count). The van der Waals surface area contributed by atoms with Crippen molar-refractivity contribution in [3.63, 3.8) is 0 Å². The molecule has 0 saturated heterocycles. The SMILES string of the molecule is CC(C)(C)OC(=O)N1CC(=O)Nc2cccc(c2)CNC(=O)C(Nc2ccc3c(N)nccc3c2)c2ccc(cc2)C1. The fraction of sp³-hybridized carbons (Fsp3) is 0.250. The highest BCUT2D eigenvalue weighted by Gasteiger charge is 2.26. The Labute approximate surface area is 244 Å². The number of nitrogens with one attached hydrogen (secondary N) is 3. The molecule has 4 aromatic rings. The molecule has 10 heteroatoms. The molecule has 3 heterocycles. The van der Waals surface area contributed by atoms with Crippen LogP contribution in [0.1, 0.15) is 43.5 Å². The van der Waals surface area contributed by atoms with Gasteiger partial charge in [0.1, 0.15) is 24.0 Å². The molecule has 1 atom stereocenters. The number of carbonyl (C=O) groups excluding carboxylic acids is 3. The van der Waals surface area contributed by atoms with Crippen molar-refractivity contribution in [3.8, 4) is 0 Å². The average molecular weight is 567 g/mol. The maximum Gasteiger partial charge on any atom is 0.411 e. The van der Waals surface area contributed by atoms with Gasteiger partial charge in [0.15, 0.2) is 0 Å². The average Bonchev–Trinajstić information content (AvgIpc) is 2.94. The molecule has 0 spiro atoms. The molecular weight excluding hydrogens is 532 g/mol. The summed E-state index contributed by atoms with van der Waals surface area (Å²) in [6, 6.07) is 21.4. The monoisotopic (exact) mass is 566 g/mol. The van der Waals surface area contributed by atoms with Crippen molar-refractivity contribution in [1.82, 2.24) is 15.2 Å². The Morgan fingerprint density at radius 2 is 1.79 bits per heavy atom. The molecule has 4 bridgehead atoms. The molecule has 5 N–H and O–H groups in total. The van der Waals surface area contributed by atoms with Crippen LogP contribution in [0.3, 0.4) is 0 Å². The quantitative estimate of drug-likeness (QED) is 0.269. The van der Waals surface area contributed by atoms with Crippen LogP contribution in [-0.4, -0.2) is 39.9 Å². The van der Waals surface area contributed by atoms with Gasteiger partial charge in [-0.2, -0.15) is 0 Å². The molecule has 0 fully saturated rings. The van der Waals surface area contributed by atoms with E-state index in [1.165, 1.54) is 4.90 Å². The first-order valence-electron chi connectivity index (χ1n) is 13.7. The van der Waals surface area contributed by atoms with Gasteiger partial charge in [-0.3, -0.25) is 14.5 Å². The molecule has 0 aliphatic carbocycles. The number of benzene rings is 3. The van der Waals surface area contributed by atoms with E-state index in [1.54, 1.807) is 45.2 Å². The lowest BCUT2D eigenvalue weighted by molar-refractivity contribution is -0.122. The summed E-state index contributed by atoms with van der Waals surface area (Å²) in [4.78, 5) is 45.1. The van der Waals surface area contributed by atoms with Crippen molar-refractivity contribution in [2.24, 2.45) is 0 Å². The van der Waals surface area contributed by atoms with Gasteiger partial charge in [0.05, 0.1) is 0 Å². The Morgan fingerprint density at radius 1 is 1.00 bits per heavy atom. The minimum atomic E-state index is -0.724. The number of rotatable bonds is 2. The number of pyridine rings is 1. The van der Waals surface area contributed by atoms with E-state index in [1.807, 2.05) is 54.6 Å². The predicted molar refractivity (Wildman–Crippen MR) is 163 cm³/mol. The third-order valence-electron chi connectivity index (χ3n) is 6.72. The van der Waals surface area contributed by atoms with E-state index in [9.17, 15) is 14.4 Å². The normalized spacial score (nSPS) is 16.1. The van der Waals surface area contributed by atoms with E-state index in [0.29, 0.717) is 11.5 Å². The largest absolute Gasteiger partial charge is 0.444 e. The number of carbonyl (C=O) groups is 3. The Bertz CT molecular complexity index is 1630. The number of fused-ring (bicyclic) bond motifs is 10. The summed E-state index contributed by atoms with van der Waals surface area (Å²) in [7, 11) is 0. The van der Waals surface area contributed by atoms with Gasteiger partial charge >= 0.3 is 6.09 Å². The topological polar surface area (TPSA) is 139 Å². The first kappa shape index (κ1) is 28.4. The van der Waals surface area contributed by atoms with Gasteiger partial charge in [0.25, 0.3) is 0 Å². The lowest BCUT2D eigenvalue weighted by atomic mass is 10.0. The summed E-state index contributed by atoms with van der Waals surface area (Å²) < 4.78 is 5.58. The smallest absolute Gasteiger partial charge is 0.411 e. The highest BCUT2D eigenvalue weighted by atomic mass is 16.6. The van der Waals surface area contributed by atoms with Crippen LogP contribution in [0.25, 0.3) is 10.8 Å². The zero-order chi connectivity index (χ0) is 29.9. The number of nitrogen functional groups attached to an aromatic ring is 1. The molecule has 10 nitrogen and oxygen atoms in total. The number of hydrogen-bond donors (Lipinski definition) is 4. The van der Waals surface area contributed by atoms with Crippen LogP contribution in [0, 0.1) is 0 Å². The van der Waals surface area contributed by atoms with Gasteiger partial charge in [0.2, 0.25) is 11.8 Å². The molecule has 0 radical (unpaired) electrons. The Hall–Kier alpha value is -5.12. The van der Waals surface area contributed by atoms with Crippen LogP contribution >= 0.6 is 0 Å². The molecule has 2 aliphatic heterocycles. The van der Waals surface area contributed by atoms with Gasteiger partial charge in [-0.25, -0.2) is 9.78 Å². The Morgan fingerprint density at radius 3 is 2.55 bits per heavy atom. The fourth-order valence-corrected chi connectivity index (χ4v) is 4.73. The van der Waals surface area contributed by atoms with Crippen LogP contribution in [-0.2, 0) is 27.4 Å². The number of nitrogens with two attached hydrogens (primary N) is 1. The summed E-state index contributed by atoms with van der Waals surface area (Å²) >= 11 is 0. The Balaban J connectivity index is 1.49. The zero-order valence-corrected chi connectivity index (χ0v) is 23.8. The second kappa shape index (κ2) is 11.8. The number of anilines is 3. The zero-order valence-electron chi connectivity index (χ0n) is 23.8. The van der Waals surface area contributed by atoms with Crippen LogP contribution in [0.5, 0.6) is 0 Å². The van der Waals surface area contributed by atoms with Crippen molar-refractivity contribution in [3.05, 3.63) is 95.7 Å². The third-order valence-corrected chi connectivity index (χ3v) is 6.72. The molecule has 1 aromatic heterocycles. The van der Waals surface area contributed by atoms with Crippen molar-refractivity contribution >= 4 is 45.9 Å². The Kier molecular flexibility index (Phi) is 7.97. The van der Waals surface area contributed by atoms with E-state index >= 15 is 0 Å². The van der Waals surface area contributed by atoms with Crippen LogP contribution < -0.4 is 21.7 Å². The number of hydrogen-bond acceptors (Lipinski definition) is 7. The molecule has 0 saturated carbocycles. The standard InChI is InChI=1S/C32H34N6O4/c1-32(2,3)42-31(41)38-18-20-7-9-22(10-8-20)28(37-25-11-12-26-23(16-25)13-14-34-29(26)33)30(40)35-17-21-5-4-6-24(15-21)36-27(39)19-38/h4-16,28,37H,17-19H2,1-3H3,(H2,33,34)(H,35,40)(H,36,39). The summed E-state index contributed by atoms with van der Waals surface area (Å²) in [6.07, 6.45) is 1.05. The van der Waals surface area contributed by atoms with Crippen LogP contribution in [0.2, 0.25) is 0 Å².